The molecule has 1 N–H and O–H groups in total. The van der Waals surface area contributed by atoms with Gasteiger partial charge in [0, 0.05) is 19.6 Å². The molecule has 0 aromatic heterocycles. The summed E-state index contributed by atoms with van der Waals surface area (Å²) in [4.78, 5) is 27.2. The van der Waals surface area contributed by atoms with Crippen LogP contribution in [0.4, 0.5) is 4.39 Å². The van der Waals surface area contributed by atoms with E-state index in [2.05, 4.69) is 5.32 Å². The highest BCUT2D eigenvalue weighted by molar-refractivity contribution is 6.07. The van der Waals surface area contributed by atoms with E-state index in [4.69, 9.17) is 0 Å². The van der Waals surface area contributed by atoms with Gasteiger partial charge in [0.2, 0.25) is 11.8 Å². The standard InChI is InChI=1S/C19H25FN2O2/c20-16-7-5-15(6-8-16)9-12-21-17(23)19(10-11-19)18(24)22-13-3-1-2-4-14-22/h5-8H,1-4,9-14H2,(H,21,23). The molecule has 1 saturated carbocycles. The third kappa shape index (κ3) is 3.77. The van der Waals surface area contributed by atoms with Gasteiger partial charge in [-0.2, -0.15) is 0 Å². The summed E-state index contributed by atoms with van der Waals surface area (Å²) >= 11 is 0. The zero-order chi connectivity index (χ0) is 17.0. The van der Waals surface area contributed by atoms with Crippen molar-refractivity contribution in [2.45, 2.75) is 44.9 Å². The average molecular weight is 332 g/mol. The van der Waals surface area contributed by atoms with Crippen molar-refractivity contribution in [2.24, 2.45) is 5.41 Å². The van der Waals surface area contributed by atoms with Crippen LogP contribution in [0.25, 0.3) is 0 Å². The maximum absolute atomic E-state index is 12.9. The lowest BCUT2D eigenvalue weighted by Gasteiger charge is -2.25. The fourth-order valence-corrected chi connectivity index (χ4v) is 3.38. The van der Waals surface area contributed by atoms with Crippen molar-refractivity contribution in [3.8, 4) is 0 Å². The molecule has 1 aromatic carbocycles. The molecule has 2 amide bonds. The molecular formula is C19H25FN2O2. The smallest absolute Gasteiger partial charge is 0.238 e. The molecule has 1 aromatic rings. The highest BCUT2D eigenvalue weighted by Gasteiger charge is 2.57. The van der Waals surface area contributed by atoms with E-state index in [1.807, 2.05) is 4.90 Å². The summed E-state index contributed by atoms with van der Waals surface area (Å²) in [6, 6.07) is 6.28. The van der Waals surface area contributed by atoms with E-state index in [-0.39, 0.29) is 17.6 Å². The molecule has 1 heterocycles. The molecule has 5 heteroatoms. The van der Waals surface area contributed by atoms with Crippen molar-refractivity contribution < 1.29 is 14.0 Å². The molecule has 0 atom stereocenters. The van der Waals surface area contributed by atoms with E-state index in [9.17, 15) is 14.0 Å². The number of nitrogens with zero attached hydrogens (tertiary/aromatic N) is 1. The number of amides is 2. The fraction of sp³-hybridized carbons (Fsp3) is 0.579. The highest BCUT2D eigenvalue weighted by Crippen LogP contribution is 2.47. The van der Waals surface area contributed by atoms with Crippen LogP contribution in [-0.4, -0.2) is 36.3 Å². The maximum atomic E-state index is 12.9. The first-order chi connectivity index (χ1) is 11.6. The first-order valence-corrected chi connectivity index (χ1v) is 8.94. The van der Waals surface area contributed by atoms with Crippen LogP contribution in [0.2, 0.25) is 0 Å². The lowest BCUT2D eigenvalue weighted by Crippen LogP contribution is -2.46. The van der Waals surface area contributed by atoms with Gasteiger partial charge in [0.25, 0.3) is 0 Å². The zero-order valence-electron chi connectivity index (χ0n) is 14.0. The minimum absolute atomic E-state index is 0.0173. The van der Waals surface area contributed by atoms with Gasteiger partial charge in [-0.1, -0.05) is 25.0 Å². The fourth-order valence-electron chi connectivity index (χ4n) is 3.38. The van der Waals surface area contributed by atoms with E-state index < -0.39 is 5.41 Å². The van der Waals surface area contributed by atoms with Gasteiger partial charge in [-0.25, -0.2) is 4.39 Å². The molecule has 0 spiro atoms. The number of benzene rings is 1. The number of hydrogen-bond acceptors (Lipinski definition) is 2. The van der Waals surface area contributed by atoms with E-state index in [0.717, 1.165) is 31.5 Å². The summed E-state index contributed by atoms with van der Waals surface area (Å²) in [6.07, 6.45) is 6.36. The molecule has 1 aliphatic heterocycles. The largest absolute Gasteiger partial charge is 0.355 e. The predicted octanol–water partition coefficient (Wildman–Crippen LogP) is 2.67. The quantitative estimate of drug-likeness (QED) is 0.843. The van der Waals surface area contributed by atoms with Crippen LogP contribution in [-0.2, 0) is 16.0 Å². The Labute approximate surface area is 142 Å². The van der Waals surface area contributed by atoms with Crippen LogP contribution in [0.3, 0.4) is 0 Å². The third-order valence-electron chi connectivity index (χ3n) is 5.10. The zero-order valence-corrected chi connectivity index (χ0v) is 14.0. The van der Waals surface area contributed by atoms with Crippen LogP contribution >= 0.6 is 0 Å². The average Bonchev–Trinajstić information content (AvgIpc) is 3.41. The molecule has 0 bridgehead atoms. The molecule has 3 rings (SSSR count). The summed E-state index contributed by atoms with van der Waals surface area (Å²) in [5, 5.41) is 2.90. The van der Waals surface area contributed by atoms with Crippen LogP contribution in [0.1, 0.15) is 44.1 Å². The number of nitrogens with one attached hydrogen (secondary N) is 1. The van der Waals surface area contributed by atoms with Gasteiger partial charge in [0.05, 0.1) is 0 Å². The van der Waals surface area contributed by atoms with Crippen molar-refractivity contribution >= 4 is 11.8 Å². The number of likely N-dealkylation sites (tertiary alicyclic amines) is 1. The van der Waals surface area contributed by atoms with E-state index in [1.54, 1.807) is 12.1 Å². The second kappa shape index (κ2) is 7.32. The Morgan fingerprint density at radius 1 is 1.04 bits per heavy atom. The molecule has 130 valence electrons. The Morgan fingerprint density at radius 2 is 1.67 bits per heavy atom. The maximum Gasteiger partial charge on any atom is 0.238 e. The Morgan fingerprint density at radius 3 is 2.25 bits per heavy atom. The monoisotopic (exact) mass is 332 g/mol. The molecule has 2 aliphatic rings. The minimum atomic E-state index is -0.812. The normalized spacial score (nSPS) is 19.5. The van der Waals surface area contributed by atoms with Crippen molar-refractivity contribution in [2.75, 3.05) is 19.6 Å². The Kier molecular flexibility index (Phi) is 5.17. The van der Waals surface area contributed by atoms with Gasteiger partial charge >= 0.3 is 0 Å². The molecule has 1 saturated heterocycles. The van der Waals surface area contributed by atoms with E-state index in [0.29, 0.717) is 25.8 Å². The van der Waals surface area contributed by atoms with Crippen LogP contribution < -0.4 is 5.32 Å². The van der Waals surface area contributed by atoms with Gasteiger partial charge in [0.1, 0.15) is 11.2 Å². The van der Waals surface area contributed by atoms with Crippen LogP contribution in [0.5, 0.6) is 0 Å². The van der Waals surface area contributed by atoms with Crippen LogP contribution in [0, 0.1) is 11.2 Å². The molecule has 0 radical (unpaired) electrons. The molecule has 24 heavy (non-hydrogen) atoms. The number of carbonyl (C=O) groups is 2. The molecular weight excluding hydrogens is 307 g/mol. The van der Waals surface area contributed by atoms with Crippen LogP contribution in [0.15, 0.2) is 24.3 Å². The molecule has 1 aliphatic carbocycles. The number of rotatable bonds is 5. The van der Waals surface area contributed by atoms with Crippen molar-refractivity contribution in [3.05, 3.63) is 35.6 Å². The first-order valence-electron chi connectivity index (χ1n) is 8.94. The summed E-state index contributed by atoms with van der Waals surface area (Å²) in [5.74, 6) is -0.384. The van der Waals surface area contributed by atoms with Crippen molar-refractivity contribution in [3.63, 3.8) is 0 Å². The number of halogens is 1. The Bertz CT molecular complexity index is 588. The Balaban J connectivity index is 1.51. The van der Waals surface area contributed by atoms with Gasteiger partial charge in [-0.3, -0.25) is 9.59 Å². The summed E-state index contributed by atoms with van der Waals surface area (Å²) in [7, 11) is 0. The first kappa shape index (κ1) is 16.9. The van der Waals surface area contributed by atoms with Gasteiger partial charge in [0.15, 0.2) is 0 Å². The molecule has 4 nitrogen and oxygen atoms in total. The highest BCUT2D eigenvalue weighted by atomic mass is 19.1. The number of hydrogen-bond donors (Lipinski definition) is 1. The summed E-state index contributed by atoms with van der Waals surface area (Å²) < 4.78 is 12.9. The lowest BCUT2D eigenvalue weighted by atomic mass is 10.0. The second-order valence-corrected chi connectivity index (χ2v) is 6.92. The number of carbonyl (C=O) groups excluding carboxylic acids is 2. The predicted molar refractivity (Wildman–Crippen MR) is 89.8 cm³/mol. The summed E-state index contributed by atoms with van der Waals surface area (Å²) in [6.45, 7) is 2.03. The van der Waals surface area contributed by atoms with Gasteiger partial charge in [-0.15, -0.1) is 0 Å². The van der Waals surface area contributed by atoms with Gasteiger partial charge < -0.3 is 10.2 Å². The van der Waals surface area contributed by atoms with E-state index in [1.165, 1.54) is 25.0 Å². The van der Waals surface area contributed by atoms with Gasteiger partial charge in [-0.05, 0) is 49.8 Å². The SMILES string of the molecule is O=C(NCCc1ccc(F)cc1)C1(C(=O)N2CCCCCC2)CC1. The Hall–Kier alpha value is -1.91. The van der Waals surface area contributed by atoms with E-state index >= 15 is 0 Å². The van der Waals surface area contributed by atoms with Crippen molar-refractivity contribution in [1.82, 2.24) is 10.2 Å². The second-order valence-electron chi connectivity index (χ2n) is 6.92. The third-order valence-corrected chi connectivity index (χ3v) is 5.10. The lowest BCUT2D eigenvalue weighted by molar-refractivity contribution is -0.144. The topological polar surface area (TPSA) is 49.4 Å². The minimum Gasteiger partial charge on any atom is -0.355 e. The molecule has 2 fully saturated rings. The molecule has 0 unspecified atom stereocenters. The summed E-state index contributed by atoms with van der Waals surface area (Å²) in [5.41, 5.74) is 0.160. The van der Waals surface area contributed by atoms with Crippen molar-refractivity contribution in [1.29, 1.82) is 0 Å².